The van der Waals surface area contributed by atoms with E-state index in [0.717, 1.165) is 31.2 Å². The first-order valence-electron chi connectivity index (χ1n) is 26.5. The molecule has 1 aromatic rings. The Balaban J connectivity index is 1.37. The average molecular weight is 1010 g/mol. The Kier molecular flexibility index (Phi) is 24.2. The molecule has 3 fully saturated rings. The maximum Gasteiger partial charge on any atom is 0.333 e. The van der Waals surface area contributed by atoms with Crippen LogP contribution in [-0.2, 0) is 63.9 Å². The molecule has 0 bridgehead atoms. The lowest BCUT2D eigenvalue weighted by Crippen LogP contribution is -2.55. The van der Waals surface area contributed by atoms with Gasteiger partial charge in [-0.05, 0) is 87.8 Å². The lowest BCUT2D eigenvalue weighted by Gasteiger charge is -2.37. The molecule has 0 aromatic heterocycles. The van der Waals surface area contributed by atoms with Gasteiger partial charge in [-0.15, -0.1) is 5.06 Å². The second-order valence-corrected chi connectivity index (χ2v) is 21.0. The first-order chi connectivity index (χ1) is 34.2. The van der Waals surface area contributed by atoms with Gasteiger partial charge in [0.2, 0.25) is 17.7 Å². The van der Waals surface area contributed by atoms with E-state index in [1.807, 2.05) is 74.8 Å². The quantitative estimate of drug-likeness (QED) is 0.0959. The summed E-state index contributed by atoms with van der Waals surface area (Å²) in [5.74, 6) is -4.27. The molecule has 18 nitrogen and oxygen atoms in total. The molecule has 404 valence electrons. The van der Waals surface area contributed by atoms with E-state index in [1.165, 1.54) is 5.06 Å². The summed E-state index contributed by atoms with van der Waals surface area (Å²) >= 11 is 0. The maximum absolute atomic E-state index is 14.4. The zero-order chi connectivity index (χ0) is 53.2. The van der Waals surface area contributed by atoms with E-state index in [9.17, 15) is 38.4 Å². The van der Waals surface area contributed by atoms with Gasteiger partial charge in [0.05, 0.1) is 49.3 Å². The molecule has 3 aliphatic heterocycles. The highest BCUT2D eigenvalue weighted by Gasteiger charge is 2.43. The summed E-state index contributed by atoms with van der Waals surface area (Å²) in [5.41, 5.74) is 0.901. The molecule has 0 radical (unpaired) electrons. The molecule has 3 aliphatic rings. The zero-order valence-electron chi connectivity index (χ0n) is 45.0. The Bertz CT molecular complexity index is 1950. The molecular weight excluding hydrogens is 925 g/mol. The Morgan fingerprint density at radius 2 is 1.51 bits per heavy atom. The van der Waals surface area contributed by atoms with Crippen molar-refractivity contribution in [2.75, 3.05) is 47.5 Å². The number of hydrogen-bond donors (Lipinski definition) is 2. The number of rotatable bonds is 29. The molecule has 4 rings (SSSR count). The third kappa shape index (κ3) is 16.6. The van der Waals surface area contributed by atoms with Gasteiger partial charge < -0.3 is 29.8 Å². The third-order valence-corrected chi connectivity index (χ3v) is 15.0. The molecule has 3 heterocycles. The van der Waals surface area contributed by atoms with Crippen LogP contribution in [0.25, 0.3) is 0 Å². The minimum absolute atomic E-state index is 0.0100. The van der Waals surface area contributed by atoms with Crippen LogP contribution in [0, 0.1) is 35.5 Å². The third-order valence-electron chi connectivity index (χ3n) is 15.0. The van der Waals surface area contributed by atoms with E-state index in [0.29, 0.717) is 63.4 Å². The van der Waals surface area contributed by atoms with Crippen LogP contribution < -0.4 is 10.6 Å². The van der Waals surface area contributed by atoms with Crippen molar-refractivity contribution >= 4 is 47.2 Å². The van der Waals surface area contributed by atoms with Crippen LogP contribution in [0.2, 0.25) is 0 Å². The van der Waals surface area contributed by atoms with Crippen LogP contribution in [0.1, 0.15) is 138 Å². The van der Waals surface area contributed by atoms with Gasteiger partial charge in [-0.25, -0.2) is 9.86 Å². The van der Waals surface area contributed by atoms with Gasteiger partial charge in [-0.1, -0.05) is 92.1 Å². The number of hydroxylamine groups is 4. The minimum Gasteiger partial charge on any atom is -0.381 e. The van der Waals surface area contributed by atoms with Crippen molar-refractivity contribution in [2.45, 2.75) is 175 Å². The number of amides is 6. The van der Waals surface area contributed by atoms with Crippen molar-refractivity contribution in [3.63, 3.8) is 0 Å². The Morgan fingerprint density at radius 1 is 0.833 bits per heavy atom. The largest absolute Gasteiger partial charge is 0.381 e. The smallest absolute Gasteiger partial charge is 0.333 e. The van der Waals surface area contributed by atoms with Crippen molar-refractivity contribution in [1.82, 2.24) is 30.6 Å². The van der Waals surface area contributed by atoms with Crippen molar-refractivity contribution < 1.29 is 57.5 Å². The van der Waals surface area contributed by atoms with Crippen LogP contribution >= 0.6 is 0 Å². The van der Waals surface area contributed by atoms with E-state index < -0.39 is 60.0 Å². The summed E-state index contributed by atoms with van der Waals surface area (Å²) in [4.78, 5) is 121. The van der Waals surface area contributed by atoms with Gasteiger partial charge in [0.25, 0.3) is 17.7 Å². The maximum atomic E-state index is 14.4. The fourth-order valence-electron chi connectivity index (χ4n) is 10.5. The summed E-state index contributed by atoms with van der Waals surface area (Å²) < 4.78 is 12.2. The number of nitrogens with one attached hydrogen (secondary N) is 2. The number of likely N-dealkylation sites (N-methyl/N-ethyl adjacent to an activating group) is 1. The predicted octanol–water partition coefficient (Wildman–Crippen LogP) is 5.45. The number of ketones is 1. The number of ether oxygens (including phenoxy) is 2. The summed E-state index contributed by atoms with van der Waals surface area (Å²) in [6, 6.07) is 6.95. The highest BCUT2D eigenvalue weighted by Crippen LogP contribution is 2.33. The molecule has 1 aromatic carbocycles. The van der Waals surface area contributed by atoms with Gasteiger partial charge in [0.1, 0.15) is 6.04 Å². The van der Waals surface area contributed by atoms with E-state index in [4.69, 9.17) is 19.1 Å². The van der Waals surface area contributed by atoms with Crippen molar-refractivity contribution in [3.05, 3.63) is 35.9 Å². The van der Waals surface area contributed by atoms with E-state index in [1.54, 1.807) is 28.2 Å². The summed E-state index contributed by atoms with van der Waals surface area (Å²) in [6.07, 6.45) is 4.61. The number of Topliss-reactive ketones (excluding diaryl/α,β-unsaturated/α-hetero) is 1. The second-order valence-electron chi connectivity index (χ2n) is 21.0. The highest BCUT2D eigenvalue weighted by molar-refractivity contribution is 6.01. The fraction of sp³-hybridized carbons (Fsp3) is 0.741. The van der Waals surface area contributed by atoms with Crippen LogP contribution in [0.3, 0.4) is 0 Å². The SMILES string of the molecule is CC[C@H](C)[C@H](CCC(C)C(=O)[C@@H](NC(=O)[C@H](C(C)C)N(C)CCCC(=O)ON1C(=O)CCC1=O)C(C)C)[C@@H](CC(=O)N1CCC[C@H]1[C@H](OC)[C@@H](C)C(=O)N[C@@H](Cc1ccccc1)C(=O)N1CCCCO1)OC. The first kappa shape index (κ1) is 59.8. The second kappa shape index (κ2) is 29.2. The summed E-state index contributed by atoms with van der Waals surface area (Å²) in [7, 11) is 4.95. The highest BCUT2D eigenvalue weighted by atomic mass is 16.7. The average Bonchev–Trinajstić information content (AvgIpc) is 3.97. The molecule has 1 unspecified atom stereocenters. The van der Waals surface area contributed by atoms with Crippen LogP contribution in [0.5, 0.6) is 0 Å². The molecule has 0 aliphatic carbocycles. The Hall–Kier alpha value is -4.78. The summed E-state index contributed by atoms with van der Waals surface area (Å²) in [6.45, 7) is 17.3. The van der Waals surface area contributed by atoms with Crippen molar-refractivity contribution in [2.24, 2.45) is 35.5 Å². The monoisotopic (exact) mass is 1010 g/mol. The van der Waals surface area contributed by atoms with Gasteiger partial charge in [0.15, 0.2) is 5.78 Å². The normalized spacial score (nSPS) is 20.2. The van der Waals surface area contributed by atoms with Crippen LogP contribution in [0.15, 0.2) is 30.3 Å². The van der Waals surface area contributed by atoms with Gasteiger partial charge in [0, 0.05) is 58.9 Å². The minimum atomic E-state index is -0.856. The number of benzene rings is 1. The van der Waals surface area contributed by atoms with Crippen molar-refractivity contribution in [3.8, 4) is 0 Å². The Morgan fingerprint density at radius 3 is 2.10 bits per heavy atom. The summed E-state index contributed by atoms with van der Waals surface area (Å²) in [5, 5.41) is 7.97. The molecule has 0 saturated carbocycles. The number of imide groups is 1. The molecular formula is C54H86N6O12. The molecule has 72 heavy (non-hydrogen) atoms. The van der Waals surface area contributed by atoms with E-state index in [2.05, 4.69) is 24.5 Å². The van der Waals surface area contributed by atoms with Gasteiger partial charge >= 0.3 is 5.97 Å². The molecule has 0 spiro atoms. The Labute approximate surface area is 428 Å². The molecule has 6 amide bonds. The van der Waals surface area contributed by atoms with Gasteiger partial charge in [-0.3, -0.25) is 43.3 Å². The van der Waals surface area contributed by atoms with Crippen LogP contribution in [-0.4, -0.2) is 151 Å². The zero-order valence-corrected chi connectivity index (χ0v) is 45.0. The van der Waals surface area contributed by atoms with E-state index >= 15 is 0 Å². The van der Waals surface area contributed by atoms with Crippen LogP contribution in [0.4, 0.5) is 0 Å². The number of methoxy groups -OCH3 is 2. The predicted molar refractivity (Wildman–Crippen MR) is 270 cm³/mol. The molecule has 18 heteroatoms. The van der Waals surface area contributed by atoms with Gasteiger partial charge in [-0.2, -0.15) is 0 Å². The van der Waals surface area contributed by atoms with E-state index in [-0.39, 0.29) is 84.8 Å². The topological polar surface area (TPSA) is 210 Å². The lowest BCUT2D eigenvalue weighted by atomic mass is 9.79. The number of carbonyl (C=O) groups is 8. The lowest BCUT2D eigenvalue weighted by molar-refractivity contribution is -0.199. The first-order valence-corrected chi connectivity index (χ1v) is 26.5. The molecule has 10 atom stereocenters. The number of likely N-dealkylation sites (tertiary alicyclic amines) is 1. The number of hydrogen-bond acceptors (Lipinski definition) is 13. The standard InChI is InChI=1S/C54H86N6O12/c1-12-36(6)40(25-24-37(7)50(65)48(34(2)3)56-53(67)49(35(4)5)57(9)28-19-23-47(64)72-60-44(61)26-27-45(60)62)43(69-10)33-46(63)58-29-18-22-42(58)51(70-11)38(8)52(66)55-41(32-39-20-14-13-15-21-39)54(68)59-30-16-17-31-71-59/h13-15,20-21,34-38,40-43,48-49,51H,12,16-19,22-33H2,1-11H3,(H,55,66)(H,56,67)/t36-,37?,38+,40-,41-,42-,43+,48-,49-,51+/m0/s1. The van der Waals surface area contributed by atoms with Crippen molar-refractivity contribution in [1.29, 1.82) is 0 Å². The fourth-order valence-corrected chi connectivity index (χ4v) is 10.5. The number of carbonyl (C=O) groups excluding carboxylic acids is 8. The molecule has 2 N–H and O–H groups in total. The number of nitrogens with zero attached hydrogens (tertiary/aromatic N) is 4. The molecule has 3 saturated heterocycles.